The highest BCUT2D eigenvalue weighted by molar-refractivity contribution is 9.10. The Kier molecular flexibility index (Phi) is 4.15. The molecular formula is C13H13BrO3S2. The molecule has 0 atom stereocenters. The topological polar surface area (TPSA) is 54.4 Å². The number of rotatable bonds is 3. The molecule has 1 N–H and O–H groups in total. The lowest BCUT2D eigenvalue weighted by Crippen LogP contribution is -1.96. The zero-order chi connectivity index (χ0) is 14.2. The number of hydrogen-bond acceptors (Lipinski definition) is 3. The first-order valence-corrected chi connectivity index (χ1v) is 8.70. The van der Waals surface area contributed by atoms with E-state index in [4.69, 9.17) is 4.55 Å². The van der Waals surface area contributed by atoms with Crippen LogP contribution in [0.5, 0.6) is 0 Å². The van der Waals surface area contributed by atoms with Crippen LogP contribution in [0, 0.1) is 13.8 Å². The van der Waals surface area contributed by atoms with Crippen LogP contribution in [0.3, 0.4) is 0 Å². The molecule has 1 heterocycles. The molecule has 0 bridgehead atoms. The summed E-state index contributed by atoms with van der Waals surface area (Å²) in [6, 6.07) is 6.17. The second-order valence-electron chi connectivity index (χ2n) is 4.43. The number of thiophene rings is 1. The molecule has 0 amide bonds. The van der Waals surface area contributed by atoms with Crippen LogP contribution in [0.1, 0.15) is 22.3 Å². The van der Waals surface area contributed by atoms with Crippen LogP contribution < -0.4 is 0 Å². The third kappa shape index (κ3) is 3.25. The molecule has 1 aromatic heterocycles. The third-order valence-corrected chi connectivity index (χ3v) is 6.81. The molecule has 0 aliphatic carbocycles. The van der Waals surface area contributed by atoms with Crippen molar-refractivity contribution in [1.82, 2.24) is 0 Å². The van der Waals surface area contributed by atoms with E-state index in [0.29, 0.717) is 10.9 Å². The summed E-state index contributed by atoms with van der Waals surface area (Å²) in [6.45, 7) is 4.10. The van der Waals surface area contributed by atoms with Gasteiger partial charge in [-0.3, -0.25) is 4.55 Å². The minimum absolute atomic E-state index is 0.0358. The average Bonchev–Trinajstić information content (AvgIpc) is 2.65. The van der Waals surface area contributed by atoms with Gasteiger partial charge in [-0.2, -0.15) is 8.42 Å². The maximum atomic E-state index is 11.2. The van der Waals surface area contributed by atoms with Gasteiger partial charge < -0.3 is 0 Å². The molecule has 19 heavy (non-hydrogen) atoms. The van der Waals surface area contributed by atoms with Crippen LogP contribution in [0.2, 0.25) is 0 Å². The Morgan fingerprint density at radius 2 is 1.95 bits per heavy atom. The van der Waals surface area contributed by atoms with E-state index in [0.717, 1.165) is 22.5 Å². The fourth-order valence-electron chi connectivity index (χ4n) is 1.79. The summed E-state index contributed by atoms with van der Waals surface area (Å²) in [5, 5.41) is 1.75. The van der Waals surface area contributed by atoms with E-state index in [1.807, 2.05) is 13.0 Å². The number of aryl methyl sites for hydroxylation is 2. The van der Waals surface area contributed by atoms with E-state index in [1.54, 1.807) is 5.38 Å². The van der Waals surface area contributed by atoms with Crippen molar-refractivity contribution in [2.24, 2.45) is 0 Å². The fourth-order valence-corrected chi connectivity index (χ4v) is 4.76. The maximum absolute atomic E-state index is 11.2. The van der Waals surface area contributed by atoms with Crippen LogP contribution in [-0.2, 0) is 16.5 Å². The van der Waals surface area contributed by atoms with Gasteiger partial charge in [0.2, 0.25) is 0 Å². The Hall–Kier alpha value is -0.690. The van der Waals surface area contributed by atoms with E-state index in [9.17, 15) is 8.42 Å². The van der Waals surface area contributed by atoms with Gasteiger partial charge in [0.05, 0.1) is 4.47 Å². The molecule has 6 heteroatoms. The smallest absolute Gasteiger partial charge is 0.281 e. The predicted molar refractivity (Wildman–Crippen MR) is 80.6 cm³/mol. The van der Waals surface area contributed by atoms with Gasteiger partial charge in [-0.05, 0) is 63.8 Å². The lowest BCUT2D eigenvalue weighted by Gasteiger charge is -2.05. The minimum Gasteiger partial charge on any atom is -0.281 e. The molecule has 3 nitrogen and oxygen atoms in total. The van der Waals surface area contributed by atoms with Crippen molar-refractivity contribution >= 4 is 37.4 Å². The van der Waals surface area contributed by atoms with Crippen molar-refractivity contribution in [3.05, 3.63) is 50.3 Å². The first-order valence-electron chi connectivity index (χ1n) is 5.58. The fraction of sp³-hybridized carbons (Fsp3) is 0.231. The van der Waals surface area contributed by atoms with Gasteiger partial charge in [0.15, 0.2) is 4.21 Å². The molecule has 0 saturated heterocycles. The normalized spacial score (nSPS) is 11.8. The first-order chi connectivity index (χ1) is 8.79. The SMILES string of the molecule is Cc1ccc(Cc2csc(S(=O)(=O)O)c2Br)cc1C. The maximum Gasteiger partial charge on any atom is 0.305 e. The van der Waals surface area contributed by atoms with Crippen LogP contribution in [0.25, 0.3) is 0 Å². The zero-order valence-corrected chi connectivity index (χ0v) is 13.7. The molecule has 102 valence electrons. The molecule has 1 aromatic carbocycles. The van der Waals surface area contributed by atoms with Crippen LogP contribution in [-0.4, -0.2) is 13.0 Å². The molecule has 0 fully saturated rings. The summed E-state index contributed by atoms with van der Waals surface area (Å²) in [5.41, 5.74) is 4.41. The quantitative estimate of drug-likeness (QED) is 0.842. The average molecular weight is 361 g/mol. The predicted octanol–water partition coefficient (Wildman–Crippen LogP) is 3.96. The highest BCUT2D eigenvalue weighted by Gasteiger charge is 2.19. The van der Waals surface area contributed by atoms with Gasteiger partial charge in [0.25, 0.3) is 0 Å². The van der Waals surface area contributed by atoms with Crippen molar-refractivity contribution in [3.63, 3.8) is 0 Å². The molecule has 2 rings (SSSR count). The summed E-state index contributed by atoms with van der Waals surface area (Å²) in [5.74, 6) is 0. The number of benzene rings is 1. The summed E-state index contributed by atoms with van der Waals surface area (Å²) in [4.78, 5) is 0. The molecule has 0 unspecified atom stereocenters. The summed E-state index contributed by atoms with van der Waals surface area (Å²) in [6.07, 6.45) is 0.633. The molecule has 0 saturated carbocycles. The number of halogens is 1. The van der Waals surface area contributed by atoms with Crippen molar-refractivity contribution in [3.8, 4) is 0 Å². The molecule has 0 spiro atoms. The van der Waals surface area contributed by atoms with Crippen LogP contribution in [0.15, 0.2) is 32.3 Å². The van der Waals surface area contributed by atoms with E-state index in [1.165, 1.54) is 11.1 Å². The third-order valence-electron chi connectivity index (χ3n) is 2.97. The van der Waals surface area contributed by atoms with Gasteiger partial charge >= 0.3 is 10.1 Å². The van der Waals surface area contributed by atoms with Crippen molar-refractivity contribution in [2.45, 2.75) is 24.5 Å². The Morgan fingerprint density at radius 1 is 1.26 bits per heavy atom. The lowest BCUT2D eigenvalue weighted by molar-refractivity contribution is 0.485. The van der Waals surface area contributed by atoms with E-state index >= 15 is 0 Å². The molecule has 0 aliphatic rings. The highest BCUT2D eigenvalue weighted by Crippen LogP contribution is 2.33. The van der Waals surface area contributed by atoms with E-state index < -0.39 is 10.1 Å². The standard InChI is InChI=1S/C13H13BrO3S2/c1-8-3-4-10(5-9(8)2)6-11-7-18-13(12(11)14)19(15,16)17/h3-5,7H,6H2,1-2H3,(H,15,16,17). The molecule has 0 radical (unpaired) electrons. The van der Waals surface area contributed by atoms with Gasteiger partial charge in [0, 0.05) is 0 Å². The highest BCUT2D eigenvalue weighted by atomic mass is 79.9. The van der Waals surface area contributed by atoms with Gasteiger partial charge in [0.1, 0.15) is 0 Å². The second-order valence-corrected chi connectivity index (χ2v) is 7.72. The van der Waals surface area contributed by atoms with Crippen molar-refractivity contribution in [1.29, 1.82) is 0 Å². The molecule has 2 aromatic rings. The monoisotopic (exact) mass is 360 g/mol. The summed E-state index contributed by atoms with van der Waals surface area (Å²) < 4.78 is 31.8. The first kappa shape index (κ1) is 14.7. The second kappa shape index (κ2) is 5.36. The molecule has 0 aliphatic heterocycles. The minimum atomic E-state index is -4.15. The van der Waals surface area contributed by atoms with E-state index in [2.05, 4.69) is 35.0 Å². The van der Waals surface area contributed by atoms with Crippen LogP contribution >= 0.6 is 27.3 Å². The number of hydrogen-bond donors (Lipinski definition) is 1. The van der Waals surface area contributed by atoms with Gasteiger partial charge in [-0.25, -0.2) is 0 Å². The summed E-state index contributed by atoms with van der Waals surface area (Å²) in [7, 11) is -4.15. The molecular weight excluding hydrogens is 348 g/mol. The van der Waals surface area contributed by atoms with Crippen LogP contribution in [0.4, 0.5) is 0 Å². The largest absolute Gasteiger partial charge is 0.305 e. The van der Waals surface area contributed by atoms with Crippen molar-refractivity contribution < 1.29 is 13.0 Å². The van der Waals surface area contributed by atoms with Gasteiger partial charge in [-0.1, -0.05) is 18.2 Å². The Bertz CT molecular complexity index is 717. The Balaban J connectivity index is 2.34. The van der Waals surface area contributed by atoms with Crippen molar-refractivity contribution in [2.75, 3.05) is 0 Å². The zero-order valence-electron chi connectivity index (χ0n) is 10.5. The Labute approximate surface area is 125 Å². The Morgan fingerprint density at radius 3 is 2.47 bits per heavy atom. The summed E-state index contributed by atoms with van der Waals surface area (Å²) >= 11 is 4.27. The lowest BCUT2D eigenvalue weighted by atomic mass is 10.0. The van der Waals surface area contributed by atoms with E-state index in [-0.39, 0.29) is 4.21 Å². The van der Waals surface area contributed by atoms with Gasteiger partial charge in [-0.15, -0.1) is 11.3 Å².